The number of halogens is 1. The Balaban J connectivity index is 1.82. The van der Waals surface area contributed by atoms with Gasteiger partial charge in [0, 0.05) is 45.2 Å². The first-order chi connectivity index (χ1) is 15.1. The number of pyridine rings is 1. The topological polar surface area (TPSA) is 67.6 Å². The highest BCUT2D eigenvalue weighted by atomic mass is 19.1. The summed E-state index contributed by atoms with van der Waals surface area (Å²) in [6, 6.07) is 12.4. The van der Waals surface area contributed by atoms with Crippen molar-refractivity contribution in [1.82, 2.24) is 24.3 Å². The largest absolute Gasteiger partial charge is 0.383 e. The lowest BCUT2D eigenvalue weighted by molar-refractivity contribution is 0.158. The predicted octanol–water partition coefficient (Wildman–Crippen LogP) is 3.72. The maximum atomic E-state index is 13.5. The minimum absolute atomic E-state index is 0.282. The molecule has 8 heteroatoms. The van der Waals surface area contributed by atoms with Crippen molar-refractivity contribution in [3.05, 3.63) is 66.2 Å². The van der Waals surface area contributed by atoms with Gasteiger partial charge in [0.25, 0.3) is 0 Å². The van der Waals surface area contributed by atoms with Crippen LogP contribution < -0.4 is 5.32 Å². The van der Waals surface area contributed by atoms with Gasteiger partial charge in [-0.15, -0.1) is 0 Å². The normalized spacial score (nSPS) is 11.4. The van der Waals surface area contributed by atoms with Crippen molar-refractivity contribution in [2.24, 2.45) is 0 Å². The molecule has 0 fully saturated rings. The van der Waals surface area contributed by atoms with Gasteiger partial charge in [-0.3, -0.25) is 9.30 Å². The molecule has 0 bridgehead atoms. The molecule has 0 aliphatic rings. The SMILES string of the molecule is CNc1nccc(-c2c(-c3ccc(F)cc3)nc3cc(CN(C)CCOC)ccn23)n1. The quantitative estimate of drug-likeness (QED) is 0.469. The van der Waals surface area contributed by atoms with Gasteiger partial charge in [0.2, 0.25) is 5.95 Å². The van der Waals surface area contributed by atoms with Gasteiger partial charge >= 0.3 is 0 Å². The number of ether oxygens (including phenoxy) is 1. The molecular weight excluding hydrogens is 395 g/mol. The molecule has 0 aliphatic heterocycles. The van der Waals surface area contributed by atoms with Crippen molar-refractivity contribution in [1.29, 1.82) is 0 Å². The van der Waals surface area contributed by atoms with Gasteiger partial charge in [-0.05, 0) is 55.1 Å². The Morgan fingerprint density at radius 2 is 1.94 bits per heavy atom. The van der Waals surface area contributed by atoms with E-state index in [0.717, 1.165) is 46.9 Å². The van der Waals surface area contributed by atoms with Crippen molar-refractivity contribution in [3.8, 4) is 22.6 Å². The third-order valence-electron chi connectivity index (χ3n) is 5.06. The van der Waals surface area contributed by atoms with Gasteiger partial charge in [-0.25, -0.2) is 19.3 Å². The first kappa shape index (κ1) is 20.9. The minimum atomic E-state index is -0.282. The monoisotopic (exact) mass is 420 g/mol. The van der Waals surface area contributed by atoms with E-state index in [1.807, 2.05) is 16.7 Å². The number of nitrogens with one attached hydrogen (secondary N) is 1. The number of nitrogens with zero attached hydrogens (tertiary/aromatic N) is 5. The lowest BCUT2D eigenvalue weighted by Crippen LogP contribution is -2.22. The van der Waals surface area contributed by atoms with Crippen LogP contribution in [0.4, 0.5) is 10.3 Å². The molecule has 160 valence electrons. The fourth-order valence-electron chi connectivity index (χ4n) is 3.49. The Labute approximate surface area is 180 Å². The summed E-state index contributed by atoms with van der Waals surface area (Å²) in [7, 11) is 5.54. The molecule has 1 N–H and O–H groups in total. The summed E-state index contributed by atoms with van der Waals surface area (Å²) in [6.07, 6.45) is 3.71. The Hall–Kier alpha value is -3.36. The number of fused-ring (bicyclic) bond motifs is 1. The van der Waals surface area contributed by atoms with Crippen molar-refractivity contribution in [2.45, 2.75) is 6.54 Å². The number of rotatable bonds is 8. The average molecular weight is 420 g/mol. The van der Waals surface area contributed by atoms with Crippen molar-refractivity contribution >= 4 is 11.6 Å². The highest BCUT2D eigenvalue weighted by molar-refractivity contribution is 5.80. The van der Waals surface area contributed by atoms with Crippen molar-refractivity contribution in [3.63, 3.8) is 0 Å². The van der Waals surface area contributed by atoms with Crippen LogP contribution in [0, 0.1) is 5.82 Å². The Bertz CT molecular complexity index is 1170. The fourth-order valence-corrected chi connectivity index (χ4v) is 3.49. The van der Waals surface area contributed by atoms with Crippen LogP contribution in [0.3, 0.4) is 0 Å². The Morgan fingerprint density at radius 1 is 1.13 bits per heavy atom. The molecule has 0 radical (unpaired) electrons. The summed E-state index contributed by atoms with van der Waals surface area (Å²) >= 11 is 0. The second-order valence-corrected chi connectivity index (χ2v) is 7.33. The number of hydrogen-bond acceptors (Lipinski definition) is 6. The van der Waals surface area contributed by atoms with Crippen LogP contribution in [0.15, 0.2) is 54.9 Å². The van der Waals surface area contributed by atoms with E-state index in [0.29, 0.717) is 12.6 Å². The maximum absolute atomic E-state index is 13.5. The highest BCUT2D eigenvalue weighted by Gasteiger charge is 2.18. The number of methoxy groups -OCH3 is 1. The predicted molar refractivity (Wildman–Crippen MR) is 119 cm³/mol. The molecule has 0 saturated heterocycles. The molecule has 3 aromatic heterocycles. The fraction of sp³-hybridized carbons (Fsp3) is 0.261. The first-order valence-corrected chi connectivity index (χ1v) is 10.0. The van der Waals surface area contributed by atoms with E-state index in [-0.39, 0.29) is 5.82 Å². The molecule has 0 unspecified atom stereocenters. The molecule has 0 amide bonds. The number of aromatic nitrogens is 4. The Kier molecular flexibility index (Phi) is 6.20. The lowest BCUT2D eigenvalue weighted by atomic mass is 10.1. The van der Waals surface area contributed by atoms with Gasteiger partial charge < -0.3 is 10.1 Å². The van der Waals surface area contributed by atoms with E-state index in [1.54, 1.807) is 32.5 Å². The molecule has 4 aromatic rings. The molecule has 0 spiro atoms. The van der Waals surface area contributed by atoms with Gasteiger partial charge in [0.15, 0.2) is 0 Å². The average Bonchev–Trinajstić information content (AvgIpc) is 3.17. The van der Waals surface area contributed by atoms with Crippen LogP contribution >= 0.6 is 0 Å². The molecule has 0 saturated carbocycles. The van der Waals surface area contributed by atoms with Crippen LogP contribution in [0.25, 0.3) is 28.3 Å². The molecule has 31 heavy (non-hydrogen) atoms. The standard InChI is InChI=1S/C23H25FN6O/c1-25-23-26-10-8-19(27-23)22-21(17-4-6-18(24)7-5-17)28-20-14-16(9-11-30(20)22)15-29(2)12-13-31-3/h4-11,14H,12-13,15H2,1-3H3,(H,25,26,27). The van der Waals surface area contributed by atoms with E-state index in [9.17, 15) is 4.39 Å². The smallest absolute Gasteiger partial charge is 0.222 e. The second kappa shape index (κ2) is 9.20. The van der Waals surface area contributed by atoms with E-state index in [1.165, 1.54) is 12.1 Å². The number of hydrogen-bond donors (Lipinski definition) is 1. The Morgan fingerprint density at radius 3 is 2.68 bits per heavy atom. The van der Waals surface area contributed by atoms with Gasteiger partial charge in [-0.1, -0.05) is 0 Å². The minimum Gasteiger partial charge on any atom is -0.383 e. The van der Waals surface area contributed by atoms with Crippen LogP contribution in [0.5, 0.6) is 0 Å². The molecular formula is C23H25FN6O. The second-order valence-electron chi connectivity index (χ2n) is 7.33. The third-order valence-corrected chi connectivity index (χ3v) is 5.06. The van der Waals surface area contributed by atoms with Crippen LogP contribution in [-0.2, 0) is 11.3 Å². The number of imidazole rings is 1. The number of anilines is 1. The summed E-state index contributed by atoms with van der Waals surface area (Å²) in [5, 5.41) is 2.97. The summed E-state index contributed by atoms with van der Waals surface area (Å²) in [6.45, 7) is 2.31. The third kappa shape index (κ3) is 4.55. The van der Waals surface area contributed by atoms with Crippen LogP contribution in [0.1, 0.15) is 5.56 Å². The van der Waals surface area contributed by atoms with Crippen LogP contribution in [0.2, 0.25) is 0 Å². The van der Waals surface area contributed by atoms with E-state index in [2.05, 4.69) is 39.4 Å². The summed E-state index contributed by atoms with van der Waals surface area (Å²) in [5.74, 6) is 0.240. The summed E-state index contributed by atoms with van der Waals surface area (Å²) in [4.78, 5) is 15.9. The van der Waals surface area contributed by atoms with E-state index in [4.69, 9.17) is 9.72 Å². The molecule has 7 nitrogen and oxygen atoms in total. The molecule has 4 rings (SSSR count). The van der Waals surface area contributed by atoms with Crippen molar-refractivity contribution in [2.75, 3.05) is 39.7 Å². The van der Waals surface area contributed by atoms with Crippen molar-refractivity contribution < 1.29 is 9.13 Å². The van der Waals surface area contributed by atoms with E-state index < -0.39 is 0 Å². The highest BCUT2D eigenvalue weighted by Crippen LogP contribution is 2.32. The van der Waals surface area contributed by atoms with Gasteiger partial charge in [0.1, 0.15) is 11.5 Å². The molecule has 0 atom stereocenters. The maximum Gasteiger partial charge on any atom is 0.222 e. The lowest BCUT2D eigenvalue weighted by Gasteiger charge is -2.16. The van der Waals surface area contributed by atoms with Gasteiger partial charge in [0.05, 0.1) is 23.7 Å². The molecule has 0 aliphatic carbocycles. The summed E-state index contributed by atoms with van der Waals surface area (Å²) < 4.78 is 20.7. The molecule has 3 heterocycles. The first-order valence-electron chi connectivity index (χ1n) is 10.0. The van der Waals surface area contributed by atoms with Gasteiger partial charge in [-0.2, -0.15) is 0 Å². The number of likely N-dealkylation sites (N-methyl/N-ethyl adjacent to an activating group) is 1. The van der Waals surface area contributed by atoms with E-state index >= 15 is 0 Å². The number of benzene rings is 1. The zero-order valence-electron chi connectivity index (χ0n) is 17.8. The summed E-state index contributed by atoms with van der Waals surface area (Å²) in [5.41, 5.74) is 5.08. The zero-order chi connectivity index (χ0) is 21.8. The van der Waals surface area contributed by atoms with Crippen LogP contribution in [-0.4, -0.2) is 58.6 Å². The molecule has 1 aromatic carbocycles. The zero-order valence-corrected chi connectivity index (χ0v) is 17.8.